The first kappa shape index (κ1) is 24.9. The summed E-state index contributed by atoms with van der Waals surface area (Å²) < 4.78 is 4.31. The summed E-state index contributed by atoms with van der Waals surface area (Å²) in [4.78, 5) is 26.6. The highest BCUT2D eigenvalue weighted by molar-refractivity contribution is 8.26. The molecule has 32 heavy (non-hydrogen) atoms. The molecule has 1 unspecified atom stereocenters. The Bertz CT molecular complexity index is 1020. The Balaban J connectivity index is 1.70. The third-order valence-corrected chi connectivity index (χ3v) is 6.37. The van der Waals surface area contributed by atoms with Gasteiger partial charge in [0.1, 0.15) is 10.1 Å². The number of hydrogen-bond acceptors (Lipinski definition) is 5. The zero-order chi connectivity index (χ0) is 23.3. The Kier molecular flexibility index (Phi) is 8.47. The van der Waals surface area contributed by atoms with Crippen LogP contribution in [0.15, 0.2) is 59.5 Å². The summed E-state index contributed by atoms with van der Waals surface area (Å²) >= 11 is 24.4. The van der Waals surface area contributed by atoms with Crippen LogP contribution in [0.5, 0.6) is 5.75 Å². The van der Waals surface area contributed by atoms with Gasteiger partial charge in [0, 0.05) is 6.42 Å². The molecule has 0 bridgehead atoms. The zero-order valence-corrected chi connectivity index (χ0v) is 20.8. The van der Waals surface area contributed by atoms with E-state index in [1.54, 1.807) is 42.2 Å². The molecule has 1 aliphatic heterocycles. The van der Waals surface area contributed by atoms with Crippen molar-refractivity contribution in [3.8, 4) is 5.75 Å². The lowest BCUT2D eigenvalue weighted by molar-refractivity contribution is -0.123. The maximum absolute atomic E-state index is 12.8. The topological polar surface area (TPSA) is 58.6 Å². The third-order valence-electron chi connectivity index (χ3n) is 4.40. The van der Waals surface area contributed by atoms with Crippen molar-refractivity contribution >= 4 is 81.0 Å². The second-order valence-corrected chi connectivity index (χ2v) is 10.8. The van der Waals surface area contributed by atoms with Crippen LogP contribution >= 0.6 is 58.8 Å². The molecule has 0 radical (unpaired) electrons. The van der Waals surface area contributed by atoms with Crippen LogP contribution in [0.25, 0.3) is 6.08 Å². The van der Waals surface area contributed by atoms with E-state index in [9.17, 15) is 9.59 Å². The molecule has 3 rings (SSSR count). The molecule has 0 saturated carbocycles. The number of carbonyl (C=O) groups is 2. The summed E-state index contributed by atoms with van der Waals surface area (Å²) in [5.41, 5.74) is 1.78. The van der Waals surface area contributed by atoms with Crippen LogP contribution in [-0.4, -0.2) is 31.1 Å². The predicted octanol–water partition coefficient (Wildman–Crippen LogP) is 5.69. The molecule has 0 spiro atoms. The van der Waals surface area contributed by atoms with Crippen molar-refractivity contribution in [1.29, 1.82) is 0 Å². The number of nitrogens with one attached hydrogen (secondary N) is 1. The molecular weight excluding hydrogens is 511 g/mol. The van der Waals surface area contributed by atoms with Crippen molar-refractivity contribution in [1.82, 2.24) is 10.2 Å². The van der Waals surface area contributed by atoms with Gasteiger partial charge in [-0.25, -0.2) is 0 Å². The van der Waals surface area contributed by atoms with Gasteiger partial charge in [-0.05, 0) is 29.3 Å². The van der Waals surface area contributed by atoms with Gasteiger partial charge >= 0.3 is 0 Å². The molecule has 0 aromatic heterocycles. The molecule has 5 nitrogen and oxygen atoms in total. The molecule has 1 fully saturated rings. The maximum atomic E-state index is 12.8. The van der Waals surface area contributed by atoms with Gasteiger partial charge in [0.25, 0.3) is 5.91 Å². The van der Waals surface area contributed by atoms with Crippen molar-refractivity contribution in [3.63, 3.8) is 0 Å². The van der Waals surface area contributed by atoms with E-state index in [4.69, 9.17) is 51.8 Å². The van der Waals surface area contributed by atoms with Crippen molar-refractivity contribution in [2.75, 3.05) is 0 Å². The summed E-state index contributed by atoms with van der Waals surface area (Å²) in [5.74, 6) is -0.0512. The highest BCUT2D eigenvalue weighted by Gasteiger charge is 2.36. The molecular formula is C22H19Cl3N2O3S2. The lowest BCUT2D eigenvalue weighted by Gasteiger charge is -2.26. The lowest BCUT2D eigenvalue weighted by atomic mass is 10.2. The van der Waals surface area contributed by atoms with E-state index in [1.807, 2.05) is 30.3 Å². The number of carbonyl (C=O) groups excluding carboxylic acids is 2. The van der Waals surface area contributed by atoms with Gasteiger partial charge < -0.3 is 10.1 Å². The molecule has 1 heterocycles. The summed E-state index contributed by atoms with van der Waals surface area (Å²) in [6.45, 7) is 2.11. The number of thioether (sulfide) groups is 1. The number of amides is 2. The normalized spacial score (nSPS) is 16.4. The molecule has 10 heteroatoms. The molecule has 0 aliphatic carbocycles. The van der Waals surface area contributed by atoms with E-state index in [1.165, 1.54) is 11.8 Å². The minimum Gasteiger partial charge on any atom is -0.466 e. The first-order valence-corrected chi connectivity index (χ1v) is 12.0. The fourth-order valence-electron chi connectivity index (χ4n) is 2.76. The maximum Gasteiger partial charge on any atom is 0.266 e. The van der Waals surface area contributed by atoms with Gasteiger partial charge in [-0.1, -0.05) is 108 Å². The number of ether oxygens (including phenoxy) is 1. The smallest absolute Gasteiger partial charge is 0.266 e. The Morgan fingerprint density at radius 3 is 2.44 bits per heavy atom. The van der Waals surface area contributed by atoms with Gasteiger partial charge in [-0.15, -0.1) is 0 Å². The number of halogens is 3. The summed E-state index contributed by atoms with van der Waals surface area (Å²) in [7, 11) is 0. The Hall–Kier alpha value is -1.77. The SMILES string of the molecule is CCC(=O)NC(Oc1ccc(C=C2SC(=S)N(Cc3ccccc3)C2=O)cc1)C(Cl)(Cl)Cl. The predicted molar refractivity (Wildman–Crippen MR) is 135 cm³/mol. The largest absolute Gasteiger partial charge is 0.466 e. The second kappa shape index (κ2) is 10.9. The van der Waals surface area contributed by atoms with Gasteiger partial charge in [-0.3, -0.25) is 14.5 Å². The third kappa shape index (κ3) is 6.62. The number of rotatable bonds is 7. The van der Waals surface area contributed by atoms with Crippen LogP contribution < -0.4 is 10.1 Å². The van der Waals surface area contributed by atoms with Crippen molar-refractivity contribution in [3.05, 3.63) is 70.6 Å². The van der Waals surface area contributed by atoms with E-state index >= 15 is 0 Å². The van der Waals surface area contributed by atoms with Crippen LogP contribution in [0, 0.1) is 0 Å². The zero-order valence-electron chi connectivity index (χ0n) is 16.9. The molecule has 2 aromatic rings. The van der Waals surface area contributed by atoms with E-state index in [0.717, 1.165) is 11.1 Å². The second-order valence-electron chi connectivity index (χ2n) is 6.78. The molecule has 168 valence electrons. The lowest BCUT2D eigenvalue weighted by Crippen LogP contribution is -2.47. The standard InChI is InChI=1S/C22H19Cl3N2O3S2/c1-2-18(28)26-20(22(23,24)25)30-16-10-8-14(9-11-16)12-17-19(29)27(21(31)32-17)13-15-6-4-3-5-7-15/h3-12,20H,2,13H2,1H3,(H,26,28). The average Bonchev–Trinajstić information content (AvgIpc) is 3.02. The summed E-state index contributed by atoms with van der Waals surface area (Å²) in [6, 6.07) is 16.5. The van der Waals surface area contributed by atoms with E-state index < -0.39 is 10.0 Å². The molecule has 1 aliphatic rings. The quantitative estimate of drug-likeness (QED) is 0.216. The summed E-state index contributed by atoms with van der Waals surface area (Å²) in [5, 5.41) is 2.53. The molecule has 2 amide bonds. The number of hydrogen-bond donors (Lipinski definition) is 1. The van der Waals surface area contributed by atoms with E-state index in [-0.39, 0.29) is 18.2 Å². The molecule has 1 saturated heterocycles. The highest BCUT2D eigenvalue weighted by Crippen LogP contribution is 2.35. The van der Waals surface area contributed by atoms with Crippen LogP contribution in [0.1, 0.15) is 24.5 Å². The minimum absolute atomic E-state index is 0.136. The minimum atomic E-state index is -1.85. The average molecular weight is 530 g/mol. The highest BCUT2D eigenvalue weighted by atomic mass is 35.6. The van der Waals surface area contributed by atoms with Crippen LogP contribution in [0.3, 0.4) is 0 Å². The molecule has 1 atom stereocenters. The Morgan fingerprint density at radius 2 is 1.84 bits per heavy atom. The van der Waals surface area contributed by atoms with Crippen LogP contribution in [0.4, 0.5) is 0 Å². The van der Waals surface area contributed by atoms with Crippen molar-refractivity contribution in [2.45, 2.75) is 29.9 Å². The van der Waals surface area contributed by atoms with Gasteiger partial charge in [0.15, 0.2) is 0 Å². The molecule has 1 N–H and O–H groups in total. The molecule has 2 aromatic carbocycles. The Morgan fingerprint density at radius 1 is 1.19 bits per heavy atom. The first-order chi connectivity index (χ1) is 15.2. The number of nitrogens with zero attached hydrogens (tertiary/aromatic N) is 1. The van der Waals surface area contributed by atoms with Gasteiger partial charge in [-0.2, -0.15) is 0 Å². The number of thiocarbonyl (C=S) groups is 1. The van der Waals surface area contributed by atoms with Crippen molar-refractivity contribution < 1.29 is 14.3 Å². The first-order valence-electron chi connectivity index (χ1n) is 9.59. The number of benzene rings is 2. The fraction of sp³-hybridized carbons (Fsp3) is 0.227. The Labute approximate surface area is 211 Å². The number of alkyl halides is 3. The van der Waals surface area contributed by atoms with E-state index in [2.05, 4.69) is 5.32 Å². The van der Waals surface area contributed by atoms with Crippen LogP contribution in [-0.2, 0) is 16.1 Å². The fourth-order valence-corrected chi connectivity index (χ4v) is 4.31. The van der Waals surface area contributed by atoms with Crippen molar-refractivity contribution in [2.24, 2.45) is 0 Å². The van der Waals surface area contributed by atoms with Gasteiger partial charge in [0.2, 0.25) is 15.9 Å². The monoisotopic (exact) mass is 528 g/mol. The summed E-state index contributed by atoms with van der Waals surface area (Å²) in [6.07, 6.45) is 0.835. The van der Waals surface area contributed by atoms with Gasteiger partial charge in [0.05, 0.1) is 11.4 Å². The van der Waals surface area contributed by atoms with E-state index in [0.29, 0.717) is 21.5 Å². The van der Waals surface area contributed by atoms with Crippen LogP contribution in [0.2, 0.25) is 0 Å².